The highest BCUT2D eigenvalue weighted by Crippen LogP contribution is 2.17. The normalized spacial score (nSPS) is 18.0. The third-order valence-corrected chi connectivity index (χ3v) is 3.16. The fraction of sp³-hybridized carbons (Fsp3) is 1.00. The molecule has 0 bridgehead atoms. The summed E-state index contributed by atoms with van der Waals surface area (Å²) >= 11 is 0. The van der Waals surface area contributed by atoms with Crippen LogP contribution in [-0.4, -0.2) is 30.7 Å². The second-order valence-electron chi connectivity index (χ2n) is 2.95. The van der Waals surface area contributed by atoms with Crippen molar-refractivity contribution in [3.8, 4) is 0 Å². The molecule has 0 aliphatic carbocycles. The van der Waals surface area contributed by atoms with Crippen LogP contribution in [0.15, 0.2) is 0 Å². The Balaban J connectivity index is 3.92. The zero-order valence-corrected chi connectivity index (χ0v) is 8.09. The lowest BCUT2D eigenvalue weighted by Crippen LogP contribution is -2.42. The first-order valence-electron chi connectivity index (χ1n) is 3.44. The Morgan fingerprint density at radius 2 is 1.89 bits per heavy atom. The maximum atomic E-state index is 2.80. The maximum Gasteiger partial charge on any atom is 0.0207 e. The molecule has 0 aromatic carbocycles. The number of nitrogens with zero attached hydrogens (tertiary/aromatic N) is 1. The van der Waals surface area contributed by atoms with E-state index in [9.17, 15) is 0 Å². The molecule has 0 heterocycles. The number of hydrogen-bond donors (Lipinski definition) is 0. The van der Waals surface area contributed by atoms with Gasteiger partial charge in [-0.25, -0.2) is 0 Å². The third kappa shape index (κ3) is 2.23. The Morgan fingerprint density at radius 1 is 1.44 bits per heavy atom. The van der Waals surface area contributed by atoms with Crippen LogP contribution in [0.3, 0.4) is 0 Å². The van der Waals surface area contributed by atoms with E-state index in [0.717, 1.165) is 6.16 Å². The van der Waals surface area contributed by atoms with E-state index in [0.29, 0.717) is 5.54 Å². The third-order valence-electron chi connectivity index (χ3n) is 2.28. The van der Waals surface area contributed by atoms with Crippen molar-refractivity contribution in [2.75, 3.05) is 20.3 Å². The smallest absolute Gasteiger partial charge is 0.0207 e. The highest BCUT2D eigenvalue weighted by atomic mass is 31.0. The molecular weight excluding hydrogens is 129 g/mol. The average Bonchev–Trinajstić information content (AvgIpc) is 1.86. The van der Waals surface area contributed by atoms with Crippen LogP contribution in [0.25, 0.3) is 0 Å². The van der Waals surface area contributed by atoms with Gasteiger partial charge < -0.3 is 4.90 Å². The van der Waals surface area contributed by atoms with Crippen molar-refractivity contribution < 1.29 is 0 Å². The van der Waals surface area contributed by atoms with Gasteiger partial charge in [-0.1, -0.05) is 6.92 Å². The fourth-order valence-corrected chi connectivity index (χ4v) is 1.30. The standard InChI is InChI=1S/C7H18NP/c1-5-7(2,6-9)8(3)4/h5-6,9H2,1-4H3. The van der Waals surface area contributed by atoms with Crippen LogP contribution in [0.4, 0.5) is 0 Å². The van der Waals surface area contributed by atoms with Crippen molar-refractivity contribution in [2.24, 2.45) is 0 Å². The molecule has 1 nitrogen and oxygen atoms in total. The highest BCUT2D eigenvalue weighted by Gasteiger charge is 2.21. The highest BCUT2D eigenvalue weighted by molar-refractivity contribution is 7.16. The Morgan fingerprint density at radius 3 is 1.89 bits per heavy atom. The molecular formula is C7H18NP. The first-order chi connectivity index (χ1) is 4.06. The van der Waals surface area contributed by atoms with Crippen molar-refractivity contribution in [1.29, 1.82) is 0 Å². The summed E-state index contributed by atoms with van der Waals surface area (Å²) in [7, 11) is 7.06. The van der Waals surface area contributed by atoms with Crippen LogP contribution in [0.2, 0.25) is 0 Å². The van der Waals surface area contributed by atoms with E-state index in [1.807, 2.05) is 0 Å². The molecule has 0 aliphatic rings. The van der Waals surface area contributed by atoms with Gasteiger partial charge in [-0.15, -0.1) is 9.24 Å². The minimum Gasteiger partial charge on any atom is -0.304 e. The van der Waals surface area contributed by atoms with Gasteiger partial charge in [0.1, 0.15) is 0 Å². The predicted molar refractivity (Wildman–Crippen MR) is 47.0 cm³/mol. The molecule has 0 saturated heterocycles. The SMILES string of the molecule is CCC(C)(CP)N(C)C. The minimum absolute atomic E-state index is 0.380. The van der Waals surface area contributed by atoms with Gasteiger partial charge in [-0.3, -0.25) is 0 Å². The summed E-state index contributed by atoms with van der Waals surface area (Å²) in [6.45, 7) is 4.50. The molecule has 56 valence electrons. The van der Waals surface area contributed by atoms with Crippen molar-refractivity contribution in [3.05, 3.63) is 0 Å². The summed E-state index contributed by atoms with van der Waals surface area (Å²) in [5.74, 6) is 0. The zero-order chi connectivity index (χ0) is 7.49. The molecule has 0 fully saturated rings. The maximum absolute atomic E-state index is 2.80. The van der Waals surface area contributed by atoms with Gasteiger partial charge in [0.05, 0.1) is 0 Å². The summed E-state index contributed by atoms with van der Waals surface area (Å²) in [6, 6.07) is 0. The number of rotatable bonds is 3. The van der Waals surface area contributed by atoms with E-state index in [1.165, 1.54) is 6.42 Å². The molecule has 0 radical (unpaired) electrons. The molecule has 2 atom stereocenters. The van der Waals surface area contributed by atoms with Gasteiger partial charge in [0.25, 0.3) is 0 Å². The summed E-state index contributed by atoms with van der Waals surface area (Å²) < 4.78 is 0. The molecule has 0 spiro atoms. The van der Waals surface area contributed by atoms with Gasteiger partial charge >= 0.3 is 0 Å². The van der Waals surface area contributed by atoms with Crippen LogP contribution in [-0.2, 0) is 0 Å². The van der Waals surface area contributed by atoms with Gasteiger partial charge in [0.15, 0.2) is 0 Å². The Bertz CT molecular complexity index is 77.0. The molecule has 0 rings (SSSR count). The largest absolute Gasteiger partial charge is 0.304 e. The molecule has 9 heavy (non-hydrogen) atoms. The lowest BCUT2D eigenvalue weighted by Gasteiger charge is -2.34. The van der Waals surface area contributed by atoms with Crippen LogP contribution in [0, 0.1) is 0 Å². The summed E-state index contributed by atoms with van der Waals surface area (Å²) in [4.78, 5) is 2.28. The Hall–Kier alpha value is 0.390. The van der Waals surface area contributed by atoms with E-state index < -0.39 is 0 Å². The topological polar surface area (TPSA) is 3.24 Å². The van der Waals surface area contributed by atoms with E-state index in [1.54, 1.807) is 0 Å². The quantitative estimate of drug-likeness (QED) is 0.548. The monoisotopic (exact) mass is 147 g/mol. The summed E-state index contributed by atoms with van der Waals surface area (Å²) in [5, 5.41) is 0. The van der Waals surface area contributed by atoms with E-state index >= 15 is 0 Å². The molecule has 2 unspecified atom stereocenters. The fourth-order valence-electron chi connectivity index (χ4n) is 0.643. The molecule has 0 aromatic rings. The lowest BCUT2D eigenvalue weighted by atomic mass is 10.0. The Kier molecular flexibility index (Phi) is 3.68. The van der Waals surface area contributed by atoms with Crippen LogP contribution in [0.1, 0.15) is 20.3 Å². The van der Waals surface area contributed by atoms with Crippen molar-refractivity contribution in [2.45, 2.75) is 25.8 Å². The van der Waals surface area contributed by atoms with Crippen molar-refractivity contribution in [1.82, 2.24) is 4.90 Å². The molecule has 0 saturated carbocycles. The van der Waals surface area contributed by atoms with Crippen molar-refractivity contribution in [3.63, 3.8) is 0 Å². The summed E-state index contributed by atoms with van der Waals surface area (Å²) in [6.07, 6.45) is 2.36. The van der Waals surface area contributed by atoms with E-state index in [2.05, 4.69) is 42.1 Å². The van der Waals surface area contributed by atoms with E-state index in [-0.39, 0.29) is 0 Å². The first-order valence-corrected chi connectivity index (χ1v) is 4.26. The van der Waals surface area contributed by atoms with Gasteiger partial charge in [-0.2, -0.15) is 0 Å². The van der Waals surface area contributed by atoms with Crippen LogP contribution in [0.5, 0.6) is 0 Å². The molecule has 0 N–H and O–H groups in total. The van der Waals surface area contributed by atoms with Crippen LogP contribution < -0.4 is 0 Å². The predicted octanol–water partition coefficient (Wildman–Crippen LogP) is 1.59. The summed E-state index contributed by atoms with van der Waals surface area (Å²) in [5.41, 5.74) is 0.380. The second kappa shape index (κ2) is 3.53. The second-order valence-corrected chi connectivity index (χ2v) is 3.36. The van der Waals surface area contributed by atoms with Crippen LogP contribution >= 0.6 is 9.24 Å². The zero-order valence-electron chi connectivity index (χ0n) is 6.94. The lowest BCUT2D eigenvalue weighted by molar-refractivity contribution is 0.195. The van der Waals surface area contributed by atoms with Gasteiger partial charge in [0, 0.05) is 5.54 Å². The molecule has 0 aliphatic heterocycles. The average molecular weight is 147 g/mol. The van der Waals surface area contributed by atoms with Crippen molar-refractivity contribution >= 4 is 9.24 Å². The van der Waals surface area contributed by atoms with E-state index in [4.69, 9.17) is 0 Å². The molecule has 0 amide bonds. The number of hydrogen-bond acceptors (Lipinski definition) is 1. The van der Waals surface area contributed by atoms with Gasteiger partial charge in [-0.05, 0) is 33.6 Å². The first kappa shape index (κ1) is 9.39. The molecule has 2 heteroatoms. The molecule has 0 aromatic heterocycles. The van der Waals surface area contributed by atoms with Gasteiger partial charge in [0.2, 0.25) is 0 Å². The Labute approximate surface area is 61.0 Å². The minimum atomic E-state index is 0.380.